The van der Waals surface area contributed by atoms with Crippen LogP contribution >= 0.6 is 15.6 Å². The Balaban J connectivity index is 4.23. The minimum Gasteiger partial charge on any atom is -0.790 e. The van der Waals surface area contributed by atoms with Gasteiger partial charge in [-0.2, -0.15) is 0 Å². The van der Waals surface area contributed by atoms with Crippen molar-refractivity contribution in [2.45, 2.75) is 6.92 Å². The molecule has 8 nitrogen and oxygen atoms in total. The van der Waals surface area contributed by atoms with Crippen LogP contribution in [0.5, 0.6) is 0 Å². The number of rotatable bonds is 6. The van der Waals surface area contributed by atoms with Gasteiger partial charge in [0.25, 0.3) is 7.82 Å². The quantitative estimate of drug-likeness (QED) is 0.317. The lowest BCUT2D eigenvalue weighted by Gasteiger charge is -2.34. The summed E-state index contributed by atoms with van der Waals surface area (Å²) in [4.78, 5) is 40.5. The minimum absolute atomic E-state index is 0.183. The number of phosphoric ester groups is 1. The van der Waals surface area contributed by atoms with Gasteiger partial charge in [0.1, 0.15) is 6.29 Å². The third-order valence-corrected chi connectivity index (χ3v) is 3.09. The lowest BCUT2D eigenvalue weighted by molar-refractivity contribution is -0.339. The third kappa shape index (κ3) is 8.65. The van der Waals surface area contributed by atoms with Crippen molar-refractivity contribution in [3.05, 3.63) is 11.6 Å². The molecule has 0 fully saturated rings. The maximum Gasteiger partial charge on any atom is 0.272 e. The molecule has 0 spiro atoms. The Morgan fingerprint density at radius 2 is 1.87 bits per heavy atom. The van der Waals surface area contributed by atoms with Crippen LogP contribution in [0.4, 0.5) is 0 Å². The van der Waals surface area contributed by atoms with E-state index in [9.17, 15) is 28.6 Å². The standard InChI is InChI=1S/C5H10O8P2/c1-5(4-6)2-3-12-15(10,11)13-14(7,8)9/h2,4H,3H2,1H3,(H,10,11)(H2,7,8,9)/p-3. The van der Waals surface area contributed by atoms with Gasteiger partial charge in [-0.25, -0.2) is 0 Å². The van der Waals surface area contributed by atoms with Crippen molar-refractivity contribution >= 4 is 21.9 Å². The molecule has 1 atom stereocenters. The number of hydrogen-bond donors (Lipinski definition) is 0. The van der Waals surface area contributed by atoms with Crippen molar-refractivity contribution in [1.29, 1.82) is 0 Å². The molecule has 1 unspecified atom stereocenters. The molecule has 0 aliphatic heterocycles. The highest BCUT2D eigenvalue weighted by molar-refractivity contribution is 7.58. The van der Waals surface area contributed by atoms with E-state index >= 15 is 0 Å². The number of phosphoric acid groups is 2. The van der Waals surface area contributed by atoms with E-state index in [4.69, 9.17) is 0 Å². The number of hydrogen-bond acceptors (Lipinski definition) is 8. The highest BCUT2D eigenvalue weighted by Gasteiger charge is 2.10. The van der Waals surface area contributed by atoms with Gasteiger partial charge in [-0.1, -0.05) is 6.08 Å². The van der Waals surface area contributed by atoms with Crippen LogP contribution in [-0.4, -0.2) is 12.9 Å². The van der Waals surface area contributed by atoms with Crippen LogP contribution in [0.25, 0.3) is 0 Å². The van der Waals surface area contributed by atoms with E-state index in [1.54, 1.807) is 0 Å². The van der Waals surface area contributed by atoms with Gasteiger partial charge in [0, 0.05) is 0 Å². The van der Waals surface area contributed by atoms with Crippen LogP contribution in [-0.2, 0) is 22.8 Å². The van der Waals surface area contributed by atoms with Gasteiger partial charge in [-0.3, -0.25) is 13.7 Å². The molecular weight excluding hydrogens is 250 g/mol. The van der Waals surface area contributed by atoms with Crippen molar-refractivity contribution in [2.24, 2.45) is 0 Å². The molecule has 0 aromatic heterocycles. The zero-order valence-electron chi connectivity index (χ0n) is 7.52. The summed E-state index contributed by atoms with van der Waals surface area (Å²) in [5.41, 5.74) is 0.183. The van der Waals surface area contributed by atoms with E-state index < -0.39 is 22.3 Å². The summed E-state index contributed by atoms with van der Waals surface area (Å²) in [6.07, 6.45) is 1.51. The lowest BCUT2D eigenvalue weighted by Crippen LogP contribution is -2.19. The highest BCUT2D eigenvalue weighted by Crippen LogP contribution is 2.50. The molecule has 10 heteroatoms. The van der Waals surface area contributed by atoms with Gasteiger partial charge < -0.3 is 23.8 Å². The third-order valence-electron chi connectivity index (χ3n) is 1.02. The first-order valence-corrected chi connectivity index (χ1v) is 6.39. The summed E-state index contributed by atoms with van der Waals surface area (Å²) in [6.45, 7) is 0.782. The van der Waals surface area contributed by atoms with Crippen LogP contribution in [0.15, 0.2) is 11.6 Å². The molecule has 0 saturated heterocycles. The first-order chi connectivity index (χ1) is 6.66. The molecule has 0 saturated carbocycles. The highest BCUT2D eigenvalue weighted by atomic mass is 31.3. The summed E-state index contributed by atoms with van der Waals surface area (Å²) in [7, 11) is -10.8. The minimum atomic E-state index is -5.65. The molecule has 0 amide bonds. The number of carbonyl (C=O) groups excluding carboxylic acids is 1. The average Bonchev–Trinajstić information content (AvgIpc) is 1.98. The molecule has 0 radical (unpaired) electrons. The summed E-state index contributed by atoms with van der Waals surface area (Å²) in [6, 6.07) is 0. The molecule has 0 aliphatic carbocycles. The fourth-order valence-corrected chi connectivity index (χ4v) is 1.88. The van der Waals surface area contributed by atoms with Crippen molar-refractivity contribution in [2.75, 3.05) is 6.61 Å². The molecule has 0 aliphatic rings. The van der Waals surface area contributed by atoms with Crippen molar-refractivity contribution in [3.8, 4) is 0 Å². The topological polar surface area (TPSA) is 139 Å². The Morgan fingerprint density at radius 1 is 1.33 bits per heavy atom. The predicted molar refractivity (Wildman–Crippen MR) is 42.1 cm³/mol. The first-order valence-electron chi connectivity index (χ1n) is 3.47. The molecular formula is C5H7O8P2-3. The van der Waals surface area contributed by atoms with E-state index in [1.807, 2.05) is 0 Å². The van der Waals surface area contributed by atoms with Crippen LogP contribution in [0.2, 0.25) is 0 Å². The van der Waals surface area contributed by atoms with Gasteiger partial charge >= 0.3 is 0 Å². The summed E-state index contributed by atoms with van der Waals surface area (Å²) in [5, 5.41) is 0. The lowest BCUT2D eigenvalue weighted by atomic mass is 10.3. The molecule has 88 valence electrons. The molecule has 0 N–H and O–H groups in total. The first kappa shape index (κ1) is 14.7. The molecule has 0 bridgehead atoms. The van der Waals surface area contributed by atoms with Gasteiger partial charge in [-0.15, -0.1) is 0 Å². The molecule has 0 aromatic rings. The van der Waals surface area contributed by atoms with E-state index in [-0.39, 0.29) is 5.57 Å². The zero-order chi connectivity index (χ0) is 12.1. The maximum absolute atomic E-state index is 10.6. The average molecular weight is 257 g/mol. The van der Waals surface area contributed by atoms with Crippen molar-refractivity contribution in [3.63, 3.8) is 0 Å². The van der Waals surface area contributed by atoms with Crippen LogP contribution < -0.4 is 14.7 Å². The van der Waals surface area contributed by atoms with E-state index in [1.165, 1.54) is 6.92 Å². The Hall–Kier alpha value is -0.330. The van der Waals surface area contributed by atoms with Crippen LogP contribution in [0.3, 0.4) is 0 Å². The largest absolute Gasteiger partial charge is 0.790 e. The number of aldehydes is 1. The Kier molecular flexibility index (Phi) is 5.55. The second-order valence-corrected chi connectivity index (χ2v) is 5.04. The smallest absolute Gasteiger partial charge is 0.272 e. The summed E-state index contributed by atoms with van der Waals surface area (Å²) in [5.74, 6) is 0. The Labute approximate surface area is 85.4 Å². The monoisotopic (exact) mass is 257 g/mol. The fourth-order valence-electron chi connectivity index (χ4n) is 0.454. The van der Waals surface area contributed by atoms with Crippen LogP contribution in [0.1, 0.15) is 6.92 Å². The SMILES string of the molecule is CC(C=O)=CCOP(=O)([O-])OP(=O)([O-])[O-]. The Morgan fingerprint density at radius 3 is 2.27 bits per heavy atom. The fraction of sp³-hybridized carbons (Fsp3) is 0.400. The molecule has 0 aromatic carbocycles. The second kappa shape index (κ2) is 5.67. The second-order valence-electron chi connectivity index (χ2n) is 2.34. The maximum atomic E-state index is 10.6. The van der Waals surface area contributed by atoms with Crippen LogP contribution in [0, 0.1) is 0 Å². The van der Waals surface area contributed by atoms with Gasteiger partial charge in [0.15, 0.2) is 0 Å². The molecule has 0 heterocycles. The summed E-state index contributed by atoms with van der Waals surface area (Å²) < 4.78 is 27.6. The molecule has 0 rings (SSSR count). The van der Waals surface area contributed by atoms with Crippen molar-refractivity contribution in [1.82, 2.24) is 0 Å². The van der Waals surface area contributed by atoms with E-state index in [0.29, 0.717) is 6.29 Å². The normalized spacial score (nSPS) is 17.2. The molecule has 15 heavy (non-hydrogen) atoms. The van der Waals surface area contributed by atoms with Gasteiger partial charge in [0.2, 0.25) is 0 Å². The summed E-state index contributed by atoms with van der Waals surface area (Å²) >= 11 is 0. The van der Waals surface area contributed by atoms with Gasteiger partial charge in [-0.05, 0) is 12.5 Å². The zero-order valence-corrected chi connectivity index (χ0v) is 9.31. The van der Waals surface area contributed by atoms with Crippen molar-refractivity contribution < 1.29 is 37.4 Å². The number of carbonyl (C=O) groups is 1. The Bertz CT molecular complexity index is 341. The van der Waals surface area contributed by atoms with E-state index in [2.05, 4.69) is 8.83 Å². The number of allylic oxidation sites excluding steroid dienone is 1. The van der Waals surface area contributed by atoms with Gasteiger partial charge in [0.05, 0.1) is 14.4 Å². The van der Waals surface area contributed by atoms with E-state index in [0.717, 1.165) is 6.08 Å². The predicted octanol–water partition coefficient (Wildman–Crippen LogP) is -1.54.